The van der Waals surface area contributed by atoms with Crippen LogP contribution in [-0.4, -0.2) is 42.0 Å². The lowest BCUT2D eigenvalue weighted by Gasteiger charge is -2.07. The van der Waals surface area contributed by atoms with Crippen molar-refractivity contribution in [1.82, 2.24) is 10.2 Å². The van der Waals surface area contributed by atoms with Crippen LogP contribution in [0, 0.1) is 0 Å². The van der Waals surface area contributed by atoms with Gasteiger partial charge in [-0.2, -0.15) is 0 Å². The SMILES string of the molecule is CN1C(=O)C=C(NCCO)C1=O. The second-order valence-electron chi connectivity index (χ2n) is 2.41. The zero-order valence-corrected chi connectivity index (χ0v) is 6.70. The number of amides is 2. The van der Waals surface area contributed by atoms with Crippen molar-refractivity contribution in [2.75, 3.05) is 20.2 Å². The molecule has 1 rings (SSSR count). The smallest absolute Gasteiger partial charge is 0.276 e. The van der Waals surface area contributed by atoms with Gasteiger partial charge in [-0.1, -0.05) is 0 Å². The van der Waals surface area contributed by atoms with Crippen molar-refractivity contribution in [3.8, 4) is 0 Å². The first-order chi connectivity index (χ1) is 5.66. The van der Waals surface area contributed by atoms with Crippen molar-refractivity contribution in [3.05, 3.63) is 11.8 Å². The second-order valence-corrected chi connectivity index (χ2v) is 2.41. The van der Waals surface area contributed by atoms with Gasteiger partial charge in [-0.15, -0.1) is 0 Å². The molecule has 1 heterocycles. The first-order valence-corrected chi connectivity index (χ1v) is 3.55. The molecule has 0 atom stereocenters. The average molecular weight is 170 g/mol. The van der Waals surface area contributed by atoms with Gasteiger partial charge in [0.05, 0.1) is 6.61 Å². The van der Waals surface area contributed by atoms with Crippen LogP contribution in [0.15, 0.2) is 11.8 Å². The fourth-order valence-electron chi connectivity index (χ4n) is 0.880. The van der Waals surface area contributed by atoms with Crippen LogP contribution in [0.5, 0.6) is 0 Å². The van der Waals surface area contributed by atoms with Gasteiger partial charge < -0.3 is 10.4 Å². The summed E-state index contributed by atoms with van der Waals surface area (Å²) in [5, 5.41) is 11.1. The third kappa shape index (κ3) is 1.45. The lowest BCUT2D eigenvalue weighted by molar-refractivity contribution is -0.135. The van der Waals surface area contributed by atoms with E-state index in [-0.39, 0.29) is 30.7 Å². The van der Waals surface area contributed by atoms with Crippen LogP contribution in [0.4, 0.5) is 0 Å². The summed E-state index contributed by atoms with van der Waals surface area (Å²) in [7, 11) is 1.41. The molecule has 0 radical (unpaired) electrons. The number of aliphatic hydroxyl groups is 1. The highest BCUT2D eigenvalue weighted by atomic mass is 16.3. The average Bonchev–Trinajstić information content (AvgIpc) is 2.30. The van der Waals surface area contributed by atoms with E-state index in [9.17, 15) is 9.59 Å². The molecule has 1 aliphatic rings. The summed E-state index contributed by atoms with van der Waals surface area (Å²) in [6.07, 6.45) is 1.22. The van der Waals surface area contributed by atoms with Crippen LogP contribution < -0.4 is 5.32 Å². The number of carbonyl (C=O) groups is 2. The molecule has 2 amide bonds. The Balaban J connectivity index is 2.61. The molecule has 12 heavy (non-hydrogen) atoms. The second kappa shape index (κ2) is 3.36. The summed E-state index contributed by atoms with van der Waals surface area (Å²) >= 11 is 0. The number of hydrogen-bond acceptors (Lipinski definition) is 4. The summed E-state index contributed by atoms with van der Waals surface area (Å²) in [5.41, 5.74) is 0.247. The molecular weight excluding hydrogens is 160 g/mol. The monoisotopic (exact) mass is 170 g/mol. The molecule has 0 aromatic heterocycles. The van der Waals surface area contributed by atoms with Gasteiger partial charge in [0.1, 0.15) is 5.70 Å². The summed E-state index contributed by atoms with van der Waals surface area (Å²) in [4.78, 5) is 23.0. The number of imide groups is 1. The topological polar surface area (TPSA) is 69.6 Å². The van der Waals surface area contributed by atoms with Gasteiger partial charge in [0.2, 0.25) is 0 Å². The number of carbonyl (C=O) groups excluding carboxylic acids is 2. The molecule has 0 bridgehead atoms. The third-order valence-corrected chi connectivity index (χ3v) is 1.56. The standard InChI is InChI=1S/C7H10N2O3/c1-9-6(11)4-5(7(9)12)8-2-3-10/h4,8,10H,2-3H2,1H3. The maximum Gasteiger partial charge on any atom is 0.276 e. The molecule has 0 aromatic rings. The third-order valence-electron chi connectivity index (χ3n) is 1.56. The van der Waals surface area contributed by atoms with Crippen molar-refractivity contribution >= 4 is 11.8 Å². The molecule has 0 saturated carbocycles. The van der Waals surface area contributed by atoms with Crippen molar-refractivity contribution in [3.63, 3.8) is 0 Å². The molecule has 0 unspecified atom stereocenters. The van der Waals surface area contributed by atoms with E-state index in [0.717, 1.165) is 4.90 Å². The van der Waals surface area contributed by atoms with Crippen molar-refractivity contribution in [2.24, 2.45) is 0 Å². The highest BCUT2D eigenvalue weighted by Crippen LogP contribution is 2.06. The van der Waals surface area contributed by atoms with Crippen LogP contribution in [0.1, 0.15) is 0 Å². The highest BCUT2D eigenvalue weighted by molar-refractivity contribution is 6.15. The predicted molar refractivity (Wildman–Crippen MR) is 40.9 cm³/mol. The van der Waals surface area contributed by atoms with Gasteiger partial charge in [0, 0.05) is 19.7 Å². The zero-order valence-electron chi connectivity index (χ0n) is 6.70. The highest BCUT2D eigenvalue weighted by Gasteiger charge is 2.26. The van der Waals surface area contributed by atoms with Crippen molar-refractivity contribution in [2.45, 2.75) is 0 Å². The first-order valence-electron chi connectivity index (χ1n) is 3.55. The van der Waals surface area contributed by atoms with E-state index in [1.807, 2.05) is 0 Å². The summed E-state index contributed by atoms with van der Waals surface area (Å²) < 4.78 is 0. The Morgan fingerprint density at radius 1 is 1.58 bits per heavy atom. The lowest BCUT2D eigenvalue weighted by atomic mass is 10.4. The largest absolute Gasteiger partial charge is 0.395 e. The Bertz CT molecular complexity index is 247. The quantitative estimate of drug-likeness (QED) is 0.503. The minimum Gasteiger partial charge on any atom is -0.395 e. The van der Waals surface area contributed by atoms with E-state index in [1.54, 1.807) is 0 Å². The zero-order chi connectivity index (χ0) is 9.14. The van der Waals surface area contributed by atoms with Gasteiger partial charge in [-0.3, -0.25) is 14.5 Å². The number of likely N-dealkylation sites (N-methyl/N-ethyl adjacent to an activating group) is 1. The predicted octanol–water partition coefficient (Wildman–Crippen LogP) is -1.55. The number of nitrogens with zero attached hydrogens (tertiary/aromatic N) is 1. The molecule has 5 heteroatoms. The molecule has 1 aliphatic heterocycles. The molecule has 5 nitrogen and oxygen atoms in total. The van der Waals surface area contributed by atoms with E-state index in [1.165, 1.54) is 13.1 Å². The lowest BCUT2D eigenvalue weighted by Crippen LogP contribution is -2.30. The van der Waals surface area contributed by atoms with Crippen molar-refractivity contribution in [1.29, 1.82) is 0 Å². The molecule has 66 valence electrons. The summed E-state index contributed by atoms with van der Waals surface area (Å²) in [6, 6.07) is 0. The molecule has 0 aliphatic carbocycles. The number of nitrogens with one attached hydrogen (secondary N) is 1. The Morgan fingerprint density at radius 3 is 2.67 bits per heavy atom. The fraction of sp³-hybridized carbons (Fsp3) is 0.429. The minimum absolute atomic E-state index is 0.0669. The fourth-order valence-corrected chi connectivity index (χ4v) is 0.880. The molecule has 2 N–H and O–H groups in total. The molecule has 0 spiro atoms. The van der Waals surface area contributed by atoms with Gasteiger partial charge in [-0.05, 0) is 0 Å². The van der Waals surface area contributed by atoms with Crippen LogP contribution in [-0.2, 0) is 9.59 Å². The molecular formula is C7H10N2O3. The number of rotatable bonds is 3. The maximum atomic E-state index is 11.1. The van der Waals surface area contributed by atoms with Crippen LogP contribution in [0.25, 0.3) is 0 Å². The van der Waals surface area contributed by atoms with Crippen LogP contribution in [0.3, 0.4) is 0 Å². The summed E-state index contributed by atoms with van der Waals surface area (Å²) in [5.74, 6) is -0.686. The van der Waals surface area contributed by atoms with E-state index in [2.05, 4.69) is 5.32 Å². The molecule has 0 saturated heterocycles. The Morgan fingerprint density at radius 2 is 2.25 bits per heavy atom. The van der Waals surface area contributed by atoms with E-state index in [4.69, 9.17) is 5.11 Å². The molecule has 0 fully saturated rings. The number of hydrogen-bond donors (Lipinski definition) is 2. The van der Waals surface area contributed by atoms with Gasteiger partial charge in [-0.25, -0.2) is 0 Å². The van der Waals surface area contributed by atoms with E-state index in [0.29, 0.717) is 0 Å². The van der Waals surface area contributed by atoms with Crippen LogP contribution >= 0.6 is 0 Å². The Kier molecular flexibility index (Phi) is 2.44. The van der Waals surface area contributed by atoms with E-state index >= 15 is 0 Å². The number of aliphatic hydroxyl groups excluding tert-OH is 1. The maximum absolute atomic E-state index is 11.1. The Labute approximate surface area is 69.7 Å². The Hall–Kier alpha value is -1.36. The first kappa shape index (κ1) is 8.73. The minimum atomic E-state index is -0.353. The van der Waals surface area contributed by atoms with Gasteiger partial charge in [0.15, 0.2) is 0 Å². The van der Waals surface area contributed by atoms with Gasteiger partial charge in [0.25, 0.3) is 11.8 Å². The molecule has 0 aromatic carbocycles. The van der Waals surface area contributed by atoms with Gasteiger partial charge >= 0.3 is 0 Å². The normalized spacial score (nSPS) is 16.8. The van der Waals surface area contributed by atoms with E-state index < -0.39 is 0 Å². The van der Waals surface area contributed by atoms with Crippen LogP contribution in [0.2, 0.25) is 0 Å². The van der Waals surface area contributed by atoms with Crippen molar-refractivity contribution < 1.29 is 14.7 Å². The summed E-state index contributed by atoms with van der Waals surface area (Å²) in [6.45, 7) is 0.210.